The quantitative estimate of drug-likeness (QED) is 0.164. The molecule has 0 radical (unpaired) electrons. The molecule has 0 saturated heterocycles. The van der Waals surface area contributed by atoms with Gasteiger partial charge in [0, 0.05) is 18.9 Å². The summed E-state index contributed by atoms with van der Waals surface area (Å²) in [5.74, 6) is -1.17. The van der Waals surface area contributed by atoms with Gasteiger partial charge in [-0.2, -0.15) is 0 Å². The van der Waals surface area contributed by atoms with Gasteiger partial charge in [0.2, 0.25) is 0 Å². The van der Waals surface area contributed by atoms with Crippen LogP contribution in [0.15, 0.2) is 24.3 Å². The first-order valence-electron chi connectivity index (χ1n) is 11.5. The molecule has 1 aromatic carbocycles. The number of hydrogen-bond donors (Lipinski definition) is 1. The van der Waals surface area contributed by atoms with Crippen molar-refractivity contribution >= 4 is 24.0 Å². The van der Waals surface area contributed by atoms with Gasteiger partial charge in [-0.15, -0.1) is 0 Å². The Morgan fingerprint density at radius 2 is 1.58 bits per heavy atom. The van der Waals surface area contributed by atoms with E-state index in [9.17, 15) is 19.5 Å². The van der Waals surface area contributed by atoms with Crippen LogP contribution in [0.25, 0.3) is 6.08 Å². The maximum Gasteiger partial charge on any atom is 0.330 e. The zero-order chi connectivity index (χ0) is 24.5. The van der Waals surface area contributed by atoms with E-state index < -0.39 is 18.0 Å². The van der Waals surface area contributed by atoms with Crippen LogP contribution in [0.4, 0.5) is 0 Å². The summed E-state index contributed by atoms with van der Waals surface area (Å²) in [5.41, 5.74) is 0.626. The molecular weight excluding hydrogens is 428 g/mol. The fourth-order valence-electron chi connectivity index (χ4n) is 2.84. The van der Waals surface area contributed by atoms with Crippen molar-refractivity contribution in [3.63, 3.8) is 0 Å². The highest BCUT2D eigenvalue weighted by molar-refractivity contribution is 5.87. The van der Waals surface area contributed by atoms with Gasteiger partial charge in [0.15, 0.2) is 17.6 Å². The second kappa shape index (κ2) is 16.6. The maximum absolute atomic E-state index is 12.1. The maximum atomic E-state index is 12.1. The Kier molecular flexibility index (Phi) is 14.1. The Labute approximate surface area is 195 Å². The van der Waals surface area contributed by atoms with Crippen molar-refractivity contribution in [3.8, 4) is 11.5 Å². The third kappa shape index (κ3) is 12.6. The van der Waals surface area contributed by atoms with Crippen molar-refractivity contribution < 1.29 is 38.4 Å². The summed E-state index contributed by atoms with van der Waals surface area (Å²) in [7, 11) is 1.43. The minimum atomic E-state index is -0.875. The van der Waals surface area contributed by atoms with Gasteiger partial charge in [-0.1, -0.05) is 45.6 Å². The first kappa shape index (κ1) is 28.0. The molecule has 8 heteroatoms. The molecule has 0 saturated carbocycles. The molecule has 0 heterocycles. The standard InChI is InChI=1S/C25H36O8/c1-4-6-8-10-23(27)31-17-20(33-25(29)11-9-7-5-2)18-32-24(28)15-13-19-12-14-21(26)22(16-19)30-3/h12-16,20,26H,4-11,17-18H2,1-3H3/b15-13+. The zero-order valence-corrected chi connectivity index (χ0v) is 19.8. The summed E-state index contributed by atoms with van der Waals surface area (Å²) >= 11 is 0. The molecule has 0 aliphatic rings. The molecule has 0 bridgehead atoms. The van der Waals surface area contributed by atoms with Gasteiger partial charge in [-0.3, -0.25) is 9.59 Å². The lowest BCUT2D eigenvalue weighted by atomic mass is 10.2. The van der Waals surface area contributed by atoms with E-state index in [1.807, 2.05) is 13.8 Å². The van der Waals surface area contributed by atoms with Crippen LogP contribution in [0.1, 0.15) is 70.8 Å². The zero-order valence-electron chi connectivity index (χ0n) is 19.8. The largest absolute Gasteiger partial charge is 0.504 e. The highest BCUT2D eigenvalue weighted by atomic mass is 16.6. The van der Waals surface area contributed by atoms with Crippen LogP contribution in [0.3, 0.4) is 0 Å². The van der Waals surface area contributed by atoms with Crippen molar-refractivity contribution in [2.75, 3.05) is 20.3 Å². The van der Waals surface area contributed by atoms with Crippen molar-refractivity contribution in [3.05, 3.63) is 29.8 Å². The third-order valence-electron chi connectivity index (χ3n) is 4.72. The van der Waals surface area contributed by atoms with Gasteiger partial charge in [0.25, 0.3) is 0 Å². The summed E-state index contributed by atoms with van der Waals surface area (Å²) in [6.07, 6.45) is 7.64. The summed E-state index contributed by atoms with van der Waals surface area (Å²) < 4.78 is 20.8. The molecular formula is C25H36O8. The minimum Gasteiger partial charge on any atom is -0.504 e. The van der Waals surface area contributed by atoms with Crippen molar-refractivity contribution in [2.24, 2.45) is 0 Å². The number of ether oxygens (including phenoxy) is 4. The number of aromatic hydroxyl groups is 1. The second-order valence-electron chi connectivity index (χ2n) is 7.60. The molecule has 184 valence electrons. The lowest BCUT2D eigenvalue weighted by Crippen LogP contribution is -2.30. The highest BCUT2D eigenvalue weighted by Gasteiger charge is 2.19. The van der Waals surface area contributed by atoms with Crippen molar-refractivity contribution in [1.29, 1.82) is 0 Å². The molecule has 33 heavy (non-hydrogen) atoms. The Balaban J connectivity index is 2.61. The van der Waals surface area contributed by atoms with E-state index in [4.69, 9.17) is 18.9 Å². The molecule has 0 fully saturated rings. The number of rotatable bonds is 16. The number of phenols is 1. The van der Waals surface area contributed by atoms with E-state index in [-0.39, 0.29) is 37.1 Å². The van der Waals surface area contributed by atoms with Crippen molar-refractivity contribution in [2.45, 2.75) is 71.3 Å². The predicted octanol–water partition coefficient (Wildman–Crippen LogP) is 4.57. The van der Waals surface area contributed by atoms with Crippen LogP contribution in [-0.2, 0) is 28.6 Å². The molecule has 1 unspecified atom stereocenters. The Hall–Kier alpha value is -3.03. The SMILES string of the molecule is CCCCCC(=O)OCC(COC(=O)/C=C/c1ccc(O)c(OC)c1)OC(=O)CCCCC. The molecule has 1 atom stereocenters. The molecule has 0 aliphatic heterocycles. The monoisotopic (exact) mass is 464 g/mol. The molecule has 0 amide bonds. The van der Waals surface area contributed by atoms with Crippen LogP contribution in [-0.4, -0.2) is 49.4 Å². The number of carbonyl (C=O) groups is 3. The normalized spacial score (nSPS) is 11.7. The van der Waals surface area contributed by atoms with Gasteiger partial charge in [-0.05, 0) is 36.6 Å². The molecule has 0 spiro atoms. The van der Waals surface area contributed by atoms with E-state index in [0.29, 0.717) is 18.4 Å². The van der Waals surface area contributed by atoms with Gasteiger partial charge in [-0.25, -0.2) is 4.79 Å². The molecule has 1 N–H and O–H groups in total. The van der Waals surface area contributed by atoms with Crippen LogP contribution in [0.5, 0.6) is 11.5 Å². The van der Waals surface area contributed by atoms with Gasteiger partial charge in [0.05, 0.1) is 7.11 Å². The van der Waals surface area contributed by atoms with Crippen LogP contribution < -0.4 is 4.74 Å². The molecule has 0 aromatic heterocycles. The minimum absolute atomic E-state index is 0.00920. The number of methoxy groups -OCH3 is 1. The Morgan fingerprint density at radius 3 is 2.21 bits per heavy atom. The van der Waals surface area contributed by atoms with E-state index in [0.717, 1.165) is 32.1 Å². The lowest BCUT2D eigenvalue weighted by Gasteiger charge is -2.18. The average Bonchev–Trinajstić information content (AvgIpc) is 2.80. The summed E-state index contributed by atoms with van der Waals surface area (Å²) in [4.78, 5) is 36.1. The van der Waals surface area contributed by atoms with Gasteiger partial charge in [0.1, 0.15) is 13.2 Å². The van der Waals surface area contributed by atoms with E-state index in [2.05, 4.69) is 0 Å². The molecule has 1 aromatic rings. The number of unbranched alkanes of at least 4 members (excludes halogenated alkanes) is 4. The van der Waals surface area contributed by atoms with E-state index in [1.165, 1.54) is 25.3 Å². The van der Waals surface area contributed by atoms with Crippen LogP contribution in [0.2, 0.25) is 0 Å². The average molecular weight is 465 g/mol. The van der Waals surface area contributed by atoms with Crippen molar-refractivity contribution in [1.82, 2.24) is 0 Å². The highest BCUT2D eigenvalue weighted by Crippen LogP contribution is 2.26. The van der Waals surface area contributed by atoms with Crippen LogP contribution in [0, 0.1) is 0 Å². The number of esters is 3. The molecule has 0 aliphatic carbocycles. The summed E-state index contributed by atoms with van der Waals surface area (Å²) in [5, 5.41) is 9.63. The summed E-state index contributed by atoms with van der Waals surface area (Å²) in [6, 6.07) is 4.63. The van der Waals surface area contributed by atoms with Crippen LogP contribution >= 0.6 is 0 Å². The molecule has 8 nitrogen and oxygen atoms in total. The number of hydrogen-bond acceptors (Lipinski definition) is 8. The first-order chi connectivity index (χ1) is 15.9. The Bertz CT molecular complexity index is 772. The lowest BCUT2D eigenvalue weighted by molar-refractivity contribution is -0.165. The number of benzene rings is 1. The smallest absolute Gasteiger partial charge is 0.330 e. The fourth-order valence-corrected chi connectivity index (χ4v) is 2.84. The van der Waals surface area contributed by atoms with E-state index in [1.54, 1.807) is 12.1 Å². The summed E-state index contributed by atoms with van der Waals surface area (Å²) in [6.45, 7) is 3.67. The Morgan fingerprint density at radius 1 is 0.939 bits per heavy atom. The van der Waals surface area contributed by atoms with E-state index >= 15 is 0 Å². The molecule has 1 rings (SSSR count). The third-order valence-corrected chi connectivity index (χ3v) is 4.72. The second-order valence-corrected chi connectivity index (χ2v) is 7.60. The first-order valence-corrected chi connectivity index (χ1v) is 11.5. The fraction of sp³-hybridized carbons (Fsp3) is 0.560. The van der Waals surface area contributed by atoms with Gasteiger partial charge >= 0.3 is 17.9 Å². The number of phenolic OH excluding ortho intramolecular Hbond substituents is 1. The van der Waals surface area contributed by atoms with Gasteiger partial charge < -0.3 is 24.1 Å². The predicted molar refractivity (Wildman–Crippen MR) is 124 cm³/mol. The topological polar surface area (TPSA) is 108 Å². The number of carbonyl (C=O) groups excluding carboxylic acids is 3.